The molecule has 0 heterocycles. The van der Waals surface area contributed by atoms with Crippen molar-refractivity contribution in [2.75, 3.05) is 0 Å². The summed E-state index contributed by atoms with van der Waals surface area (Å²) in [5, 5.41) is 9.62. The van der Waals surface area contributed by atoms with Gasteiger partial charge >= 0.3 is 0 Å². The molecule has 136 valence electrons. The minimum atomic E-state index is 0.766. The third-order valence-electron chi connectivity index (χ3n) is 3.84. The molecule has 0 saturated heterocycles. The Hall–Kier alpha value is -2.28. The highest BCUT2D eigenvalue weighted by Crippen LogP contribution is 2.29. The second-order valence-corrected chi connectivity index (χ2v) is 5.12. The van der Waals surface area contributed by atoms with Gasteiger partial charge in [0.25, 0.3) is 0 Å². The number of allylic oxidation sites excluding steroid dienone is 2. The van der Waals surface area contributed by atoms with Crippen LogP contribution in [0.3, 0.4) is 0 Å². The summed E-state index contributed by atoms with van der Waals surface area (Å²) in [7, 11) is 0. The largest absolute Gasteiger partial charge is 0.515 e. The fraction of sp³-hybridized carbons (Fsp3) is 0.333. The molecule has 0 amide bonds. The van der Waals surface area contributed by atoms with Crippen molar-refractivity contribution in [2.24, 2.45) is 0 Å². The first-order valence-corrected chi connectivity index (χ1v) is 9.41. The summed E-state index contributed by atoms with van der Waals surface area (Å²) in [5.74, 6) is 0. The van der Waals surface area contributed by atoms with Crippen molar-refractivity contribution in [1.29, 1.82) is 0 Å². The van der Waals surface area contributed by atoms with E-state index in [0.717, 1.165) is 41.4 Å². The SMILES string of the molecule is C=C(/C(=C\O)c1ccc(CC)cc1)c1ccc(CC)cc1.CC.CC. The molecule has 25 heavy (non-hydrogen) atoms. The van der Waals surface area contributed by atoms with Gasteiger partial charge < -0.3 is 5.11 Å². The highest BCUT2D eigenvalue weighted by Gasteiger charge is 2.09. The predicted molar refractivity (Wildman–Crippen MR) is 114 cm³/mol. The summed E-state index contributed by atoms with van der Waals surface area (Å²) in [4.78, 5) is 0. The average Bonchev–Trinajstić information content (AvgIpc) is 2.72. The number of benzene rings is 2. The molecule has 0 aliphatic carbocycles. The molecule has 1 N–H and O–H groups in total. The zero-order valence-corrected chi connectivity index (χ0v) is 16.8. The van der Waals surface area contributed by atoms with E-state index in [0.29, 0.717) is 0 Å². The van der Waals surface area contributed by atoms with Crippen LogP contribution in [-0.4, -0.2) is 5.11 Å². The van der Waals surface area contributed by atoms with Gasteiger partial charge in [-0.3, -0.25) is 0 Å². The highest BCUT2D eigenvalue weighted by atomic mass is 16.2. The molecule has 2 aromatic rings. The van der Waals surface area contributed by atoms with Gasteiger partial charge in [0.15, 0.2) is 0 Å². The molecule has 0 aliphatic rings. The predicted octanol–water partition coefficient (Wildman–Crippen LogP) is 7.48. The van der Waals surface area contributed by atoms with Gasteiger partial charge in [0.1, 0.15) is 0 Å². The molecule has 0 aliphatic heterocycles. The highest BCUT2D eigenvalue weighted by molar-refractivity contribution is 6.03. The van der Waals surface area contributed by atoms with E-state index in [1.165, 1.54) is 11.1 Å². The van der Waals surface area contributed by atoms with Crippen molar-refractivity contribution in [2.45, 2.75) is 54.4 Å². The molecule has 0 spiro atoms. The van der Waals surface area contributed by atoms with Gasteiger partial charge in [-0.1, -0.05) is 96.7 Å². The van der Waals surface area contributed by atoms with E-state index in [1.807, 2.05) is 39.8 Å². The molecule has 0 atom stereocenters. The van der Waals surface area contributed by atoms with Crippen molar-refractivity contribution in [3.63, 3.8) is 0 Å². The van der Waals surface area contributed by atoms with E-state index in [4.69, 9.17) is 0 Å². The quantitative estimate of drug-likeness (QED) is 0.442. The van der Waals surface area contributed by atoms with E-state index in [-0.39, 0.29) is 0 Å². The Labute approximate surface area is 154 Å². The van der Waals surface area contributed by atoms with Crippen LogP contribution in [0.1, 0.15) is 63.8 Å². The molecule has 0 radical (unpaired) electrons. The molecular weight excluding hydrogens is 304 g/mol. The summed E-state index contributed by atoms with van der Waals surface area (Å²) in [5.41, 5.74) is 6.21. The van der Waals surface area contributed by atoms with Crippen LogP contribution in [0.2, 0.25) is 0 Å². The molecular formula is C24H34O. The average molecular weight is 339 g/mol. The maximum Gasteiger partial charge on any atom is 0.0876 e. The number of hydrogen-bond donors (Lipinski definition) is 1. The van der Waals surface area contributed by atoms with Crippen LogP contribution in [0.25, 0.3) is 11.1 Å². The summed E-state index contributed by atoms with van der Waals surface area (Å²) >= 11 is 0. The summed E-state index contributed by atoms with van der Waals surface area (Å²) in [6.07, 6.45) is 3.18. The van der Waals surface area contributed by atoms with Gasteiger partial charge in [-0.05, 0) is 40.7 Å². The van der Waals surface area contributed by atoms with Crippen LogP contribution in [-0.2, 0) is 12.8 Å². The van der Waals surface area contributed by atoms with Gasteiger partial charge in [0.05, 0.1) is 6.26 Å². The topological polar surface area (TPSA) is 20.2 Å². The Balaban J connectivity index is 0.00000134. The molecule has 1 heteroatoms. The summed E-state index contributed by atoms with van der Waals surface area (Å²) < 4.78 is 0. The Bertz CT molecular complexity index is 631. The molecule has 1 nitrogen and oxygen atoms in total. The fourth-order valence-corrected chi connectivity index (χ4v) is 2.34. The lowest BCUT2D eigenvalue weighted by Gasteiger charge is -2.11. The van der Waals surface area contributed by atoms with Gasteiger partial charge in [-0.25, -0.2) is 0 Å². The standard InChI is InChI=1S/C20H22O.2C2H6/c1-4-16-6-10-18(11-7-16)15(3)20(14-21)19-12-8-17(5-2)9-13-19;2*1-2/h6-14,21H,3-5H2,1-2H3;2*1-2H3/b20-14+;;. The number of rotatable bonds is 5. The van der Waals surface area contributed by atoms with E-state index in [2.05, 4.69) is 56.8 Å². The van der Waals surface area contributed by atoms with Crippen molar-refractivity contribution in [3.8, 4) is 0 Å². The Morgan fingerprint density at radius 2 is 1.12 bits per heavy atom. The van der Waals surface area contributed by atoms with Crippen LogP contribution < -0.4 is 0 Å². The number of aliphatic hydroxyl groups is 1. The Morgan fingerprint density at radius 1 is 0.760 bits per heavy atom. The first kappa shape index (κ1) is 22.7. The minimum absolute atomic E-state index is 0.766. The Kier molecular flexibility index (Phi) is 11.9. The number of hydrogen-bond acceptors (Lipinski definition) is 1. The molecule has 0 saturated carbocycles. The second-order valence-electron chi connectivity index (χ2n) is 5.12. The van der Waals surface area contributed by atoms with E-state index >= 15 is 0 Å². The zero-order valence-electron chi connectivity index (χ0n) is 16.8. The van der Waals surface area contributed by atoms with E-state index in [9.17, 15) is 5.11 Å². The van der Waals surface area contributed by atoms with Crippen LogP contribution in [0, 0.1) is 0 Å². The smallest absolute Gasteiger partial charge is 0.0876 e. The van der Waals surface area contributed by atoms with Crippen molar-refractivity contribution in [3.05, 3.63) is 83.6 Å². The molecule has 0 aromatic heterocycles. The van der Waals surface area contributed by atoms with Gasteiger partial charge in [0.2, 0.25) is 0 Å². The third kappa shape index (κ3) is 6.62. The van der Waals surface area contributed by atoms with Crippen LogP contribution in [0.4, 0.5) is 0 Å². The lowest BCUT2D eigenvalue weighted by atomic mass is 9.93. The summed E-state index contributed by atoms with van der Waals surface area (Å²) in [6.45, 7) is 16.4. The van der Waals surface area contributed by atoms with Crippen molar-refractivity contribution < 1.29 is 5.11 Å². The lowest BCUT2D eigenvalue weighted by Crippen LogP contribution is -1.91. The molecule has 2 rings (SSSR count). The fourth-order valence-electron chi connectivity index (χ4n) is 2.34. The van der Waals surface area contributed by atoms with Crippen molar-refractivity contribution >= 4 is 11.1 Å². The van der Waals surface area contributed by atoms with Crippen LogP contribution in [0.15, 0.2) is 61.4 Å². The van der Waals surface area contributed by atoms with E-state index < -0.39 is 0 Å². The minimum Gasteiger partial charge on any atom is -0.515 e. The first-order chi connectivity index (χ1) is 12.2. The molecule has 0 bridgehead atoms. The first-order valence-electron chi connectivity index (χ1n) is 9.41. The van der Waals surface area contributed by atoms with Gasteiger partial charge in [-0.15, -0.1) is 0 Å². The van der Waals surface area contributed by atoms with Crippen LogP contribution >= 0.6 is 0 Å². The molecule has 0 fully saturated rings. The monoisotopic (exact) mass is 338 g/mol. The maximum absolute atomic E-state index is 9.62. The molecule has 0 unspecified atom stereocenters. The van der Waals surface area contributed by atoms with Gasteiger partial charge in [0, 0.05) is 5.57 Å². The number of aliphatic hydroxyl groups excluding tert-OH is 1. The second kappa shape index (κ2) is 13.1. The summed E-state index contributed by atoms with van der Waals surface area (Å²) in [6, 6.07) is 16.6. The van der Waals surface area contributed by atoms with Crippen molar-refractivity contribution in [1.82, 2.24) is 0 Å². The number of aryl methyl sites for hydroxylation is 2. The zero-order chi connectivity index (χ0) is 19.2. The van der Waals surface area contributed by atoms with Crippen LogP contribution in [0.5, 0.6) is 0 Å². The third-order valence-corrected chi connectivity index (χ3v) is 3.84. The van der Waals surface area contributed by atoms with E-state index in [1.54, 1.807) is 0 Å². The maximum atomic E-state index is 9.62. The normalized spacial score (nSPS) is 10.1. The Morgan fingerprint density at radius 3 is 1.44 bits per heavy atom. The lowest BCUT2D eigenvalue weighted by molar-refractivity contribution is 0.476. The molecule has 2 aromatic carbocycles. The van der Waals surface area contributed by atoms with Gasteiger partial charge in [-0.2, -0.15) is 0 Å².